The fraction of sp³-hybridized carbons (Fsp3) is 0.182. The van der Waals surface area contributed by atoms with Crippen molar-refractivity contribution in [1.82, 2.24) is 0 Å². The van der Waals surface area contributed by atoms with Gasteiger partial charge in [0.25, 0.3) is 0 Å². The van der Waals surface area contributed by atoms with Crippen molar-refractivity contribution in [1.29, 1.82) is 0 Å². The quantitative estimate of drug-likeness (QED) is 0.737. The number of benzene rings is 1. The zero-order valence-electron chi connectivity index (χ0n) is 7.78. The highest BCUT2D eigenvalue weighted by Gasteiger charge is 2.17. The van der Waals surface area contributed by atoms with Crippen molar-refractivity contribution < 1.29 is 14.6 Å². The van der Waals surface area contributed by atoms with E-state index < -0.39 is 5.97 Å². The molecule has 0 aromatic heterocycles. The highest BCUT2D eigenvalue weighted by molar-refractivity contribution is 5.93. The van der Waals surface area contributed by atoms with Crippen molar-refractivity contribution in [3.63, 3.8) is 0 Å². The molecule has 0 amide bonds. The van der Waals surface area contributed by atoms with Gasteiger partial charge in [-0.15, -0.1) is 0 Å². The Hall–Kier alpha value is -1.77. The molecule has 2 rings (SSSR count). The molecule has 14 heavy (non-hydrogen) atoms. The van der Waals surface area contributed by atoms with Gasteiger partial charge in [-0.05, 0) is 24.6 Å². The normalized spacial score (nSPS) is 13.2. The van der Waals surface area contributed by atoms with Gasteiger partial charge in [0.1, 0.15) is 17.9 Å². The maximum Gasteiger partial charge on any atom is 0.339 e. The summed E-state index contributed by atoms with van der Waals surface area (Å²) in [5.74, 6) is -0.462. The molecule has 0 saturated carbocycles. The molecule has 3 heteroatoms. The Kier molecular flexibility index (Phi) is 2.00. The first-order valence-electron chi connectivity index (χ1n) is 4.36. The lowest BCUT2D eigenvalue weighted by Gasteiger charge is -2.16. The van der Waals surface area contributed by atoms with Crippen LogP contribution in [0.5, 0.6) is 5.75 Å². The number of ether oxygens (including phenoxy) is 1. The molecule has 3 nitrogen and oxygen atoms in total. The Balaban J connectivity index is 2.66. The number of hydrogen-bond donors (Lipinski definition) is 1. The van der Waals surface area contributed by atoms with E-state index in [1.54, 1.807) is 12.1 Å². The molecule has 72 valence electrons. The number of aryl methyl sites for hydroxylation is 1. The largest absolute Gasteiger partial charge is 0.488 e. The predicted molar refractivity (Wildman–Crippen MR) is 52.7 cm³/mol. The third-order valence-corrected chi connectivity index (χ3v) is 2.25. The third kappa shape index (κ3) is 1.27. The van der Waals surface area contributed by atoms with Crippen LogP contribution in [-0.4, -0.2) is 17.7 Å². The summed E-state index contributed by atoms with van der Waals surface area (Å²) in [6, 6.07) is 3.37. The topological polar surface area (TPSA) is 46.5 Å². The van der Waals surface area contributed by atoms with Gasteiger partial charge in [0, 0.05) is 5.56 Å². The lowest BCUT2D eigenvalue weighted by molar-refractivity contribution is 0.0692. The molecule has 0 aliphatic carbocycles. The molecule has 1 heterocycles. The molecule has 1 N–H and O–H groups in total. The van der Waals surface area contributed by atoms with E-state index in [9.17, 15) is 4.79 Å². The molecule has 0 spiro atoms. The molecule has 1 aromatic carbocycles. The minimum absolute atomic E-state index is 0.231. The summed E-state index contributed by atoms with van der Waals surface area (Å²) in [4.78, 5) is 10.9. The Morgan fingerprint density at radius 3 is 3.00 bits per heavy atom. The van der Waals surface area contributed by atoms with E-state index >= 15 is 0 Å². The van der Waals surface area contributed by atoms with Gasteiger partial charge < -0.3 is 9.84 Å². The van der Waals surface area contributed by atoms with Crippen LogP contribution < -0.4 is 4.74 Å². The summed E-state index contributed by atoms with van der Waals surface area (Å²) in [5, 5.41) is 8.93. The van der Waals surface area contributed by atoms with Crippen molar-refractivity contribution in [2.75, 3.05) is 6.61 Å². The first kappa shape index (κ1) is 8.81. The summed E-state index contributed by atoms with van der Waals surface area (Å²) >= 11 is 0. The molecule has 0 fully saturated rings. The first-order valence-corrected chi connectivity index (χ1v) is 4.36. The summed E-state index contributed by atoms with van der Waals surface area (Å²) in [5.41, 5.74) is 2.13. The van der Waals surface area contributed by atoms with Crippen molar-refractivity contribution in [2.45, 2.75) is 6.92 Å². The zero-order valence-corrected chi connectivity index (χ0v) is 7.78. The number of carboxylic acid groups (broad SMARTS) is 1. The lowest BCUT2D eigenvalue weighted by Crippen LogP contribution is -2.08. The van der Waals surface area contributed by atoms with Crippen LogP contribution in [0.25, 0.3) is 6.08 Å². The second-order valence-electron chi connectivity index (χ2n) is 3.19. The van der Waals surface area contributed by atoms with Crippen LogP contribution in [0.4, 0.5) is 0 Å². The fourth-order valence-electron chi connectivity index (χ4n) is 1.53. The minimum Gasteiger partial charge on any atom is -0.488 e. The summed E-state index contributed by atoms with van der Waals surface area (Å²) in [7, 11) is 0. The molecule has 0 radical (unpaired) electrons. The zero-order chi connectivity index (χ0) is 10.1. The average molecular weight is 190 g/mol. The highest BCUT2D eigenvalue weighted by atomic mass is 16.5. The van der Waals surface area contributed by atoms with E-state index in [0.29, 0.717) is 12.4 Å². The lowest BCUT2D eigenvalue weighted by atomic mass is 10.0. The molecule has 0 unspecified atom stereocenters. The van der Waals surface area contributed by atoms with Gasteiger partial charge in [-0.3, -0.25) is 0 Å². The molecular weight excluding hydrogens is 180 g/mol. The highest BCUT2D eigenvalue weighted by Crippen LogP contribution is 2.30. The monoisotopic (exact) mass is 190 g/mol. The standard InChI is InChI=1S/C11H10O3/c1-7-4-5-9(11(12)13)10-8(7)3-2-6-14-10/h2-5H,6H2,1H3,(H,12,13). The number of fused-ring (bicyclic) bond motifs is 1. The predicted octanol–water partition coefficient (Wildman–Crippen LogP) is 2.10. The van der Waals surface area contributed by atoms with Crippen LogP contribution in [-0.2, 0) is 0 Å². The van der Waals surface area contributed by atoms with E-state index in [2.05, 4.69) is 0 Å². The van der Waals surface area contributed by atoms with Gasteiger partial charge in [-0.2, -0.15) is 0 Å². The second-order valence-corrected chi connectivity index (χ2v) is 3.19. The maximum absolute atomic E-state index is 10.9. The van der Waals surface area contributed by atoms with Crippen LogP contribution in [0.2, 0.25) is 0 Å². The molecule has 0 bridgehead atoms. The van der Waals surface area contributed by atoms with E-state index in [-0.39, 0.29) is 5.56 Å². The van der Waals surface area contributed by atoms with Gasteiger partial charge in [0.15, 0.2) is 0 Å². The third-order valence-electron chi connectivity index (χ3n) is 2.25. The Morgan fingerprint density at radius 2 is 2.29 bits per heavy atom. The van der Waals surface area contributed by atoms with E-state index in [1.165, 1.54) is 0 Å². The summed E-state index contributed by atoms with van der Waals surface area (Å²) in [6.45, 7) is 2.38. The average Bonchev–Trinajstić information content (AvgIpc) is 2.18. The number of carboxylic acids is 1. The number of rotatable bonds is 1. The number of hydrogen-bond acceptors (Lipinski definition) is 2. The van der Waals surface area contributed by atoms with Crippen LogP contribution >= 0.6 is 0 Å². The van der Waals surface area contributed by atoms with Crippen molar-refractivity contribution in [3.05, 3.63) is 34.9 Å². The van der Waals surface area contributed by atoms with Gasteiger partial charge >= 0.3 is 5.97 Å². The Bertz CT molecular complexity index is 419. The molecular formula is C11H10O3. The van der Waals surface area contributed by atoms with Gasteiger partial charge in [-0.25, -0.2) is 4.79 Å². The Labute approximate surface area is 81.6 Å². The van der Waals surface area contributed by atoms with Crippen LogP contribution in [0, 0.1) is 6.92 Å². The van der Waals surface area contributed by atoms with Gasteiger partial charge in [-0.1, -0.05) is 12.1 Å². The molecule has 0 atom stereocenters. The summed E-state index contributed by atoms with van der Waals surface area (Å²) in [6.07, 6.45) is 3.78. The molecule has 0 saturated heterocycles. The van der Waals surface area contributed by atoms with Gasteiger partial charge in [0.05, 0.1) is 0 Å². The fourth-order valence-corrected chi connectivity index (χ4v) is 1.53. The molecule has 1 aliphatic rings. The maximum atomic E-state index is 10.9. The van der Waals surface area contributed by atoms with E-state index in [1.807, 2.05) is 19.1 Å². The van der Waals surface area contributed by atoms with E-state index in [0.717, 1.165) is 11.1 Å². The number of carbonyl (C=O) groups is 1. The molecule has 1 aliphatic heterocycles. The second kappa shape index (κ2) is 3.18. The first-order chi connectivity index (χ1) is 6.70. The summed E-state index contributed by atoms with van der Waals surface area (Å²) < 4.78 is 5.33. The van der Waals surface area contributed by atoms with Crippen molar-refractivity contribution in [3.8, 4) is 5.75 Å². The van der Waals surface area contributed by atoms with E-state index in [4.69, 9.17) is 9.84 Å². The van der Waals surface area contributed by atoms with Crippen molar-refractivity contribution >= 4 is 12.0 Å². The molecule has 1 aromatic rings. The van der Waals surface area contributed by atoms with Crippen LogP contribution in [0.1, 0.15) is 21.5 Å². The smallest absolute Gasteiger partial charge is 0.339 e. The van der Waals surface area contributed by atoms with Gasteiger partial charge in [0.2, 0.25) is 0 Å². The van der Waals surface area contributed by atoms with Crippen LogP contribution in [0.3, 0.4) is 0 Å². The minimum atomic E-state index is -0.948. The number of aromatic carboxylic acids is 1. The van der Waals surface area contributed by atoms with Crippen LogP contribution in [0.15, 0.2) is 18.2 Å². The SMILES string of the molecule is Cc1ccc(C(=O)O)c2c1C=CCO2. The Morgan fingerprint density at radius 1 is 1.50 bits per heavy atom. The van der Waals surface area contributed by atoms with Crippen molar-refractivity contribution in [2.24, 2.45) is 0 Å².